The first-order valence-corrected chi connectivity index (χ1v) is 12.4. The zero-order valence-electron chi connectivity index (χ0n) is 19.8. The van der Waals surface area contributed by atoms with E-state index in [1.54, 1.807) is 0 Å². The number of barbiturate groups is 1. The molecule has 2 atom stereocenters. The maximum Gasteiger partial charge on any atom is 0.330 e. The van der Waals surface area contributed by atoms with E-state index in [-0.39, 0.29) is 24.9 Å². The number of pyridine rings is 1. The second kappa shape index (κ2) is 8.18. The third-order valence-electron chi connectivity index (χ3n) is 7.80. The molecule has 2 saturated heterocycles. The highest BCUT2D eigenvalue weighted by atomic mass is 16.2. The Labute approximate surface area is 204 Å². The summed E-state index contributed by atoms with van der Waals surface area (Å²) in [6.07, 6.45) is 3.42. The summed E-state index contributed by atoms with van der Waals surface area (Å²) in [7, 11) is 0. The van der Waals surface area contributed by atoms with Gasteiger partial charge in [0.2, 0.25) is 11.8 Å². The van der Waals surface area contributed by atoms with Gasteiger partial charge in [0, 0.05) is 24.9 Å². The van der Waals surface area contributed by atoms with E-state index in [9.17, 15) is 14.4 Å². The molecule has 3 aromatic rings. The molecule has 6 rings (SSSR count). The van der Waals surface area contributed by atoms with Crippen molar-refractivity contribution in [1.82, 2.24) is 15.2 Å². The van der Waals surface area contributed by atoms with Crippen molar-refractivity contribution in [3.63, 3.8) is 0 Å². The maximum absolute atomic E-state index is 14.1. The van der Waals surface area contributed by atoms with Crippen molar-refractivity contribution in [1.29, 1.82) is 0 Å². The van der Waals surface area contributed by atoms with Crippen molar-refractivity contribution in [2.75, 3.05) is 18.0 Å². The van der Waals surface area contributed by atoms with Crippen LogP contribution in [0.15, 0.2) is 54.6 Å². The predicted octanol–water partition coefficient (Wildman–Crippen LogP) is 3.77. The number of hydrogen-bond donors (Lipinski definition) is 1. The van der Waals surface area contributed by atoms with Gasteiger partial charge in [-0.05, 0) is 61.9 Å². The second-order valence-electron chi connectivity index (χ2n) is 9.97. The summed E-state index contributed by atoms with van der Waals surface area (Å²) in [5.41, 5.74) is 2.64. The highest BCUT2D eigenvalue weighted by Crippen LogP contribution is 2.47. The number of aryl methyl sites for hydroxylation is 1. The molecule has 1 N–H and O–H groups in total. The molecule has 1 spiro atoms. The molecule has 7 nitrogen and oxygen atoms in total. The smallest absolute Gasteiger partial charge is 0.330 e. The Morgan fingerprint density at radius 2 is 1.89 bits per heavy atom. The van der Waals surface area contributed by atoms with Crippen LogP contribution in [0, 0.1) is 12.3 Å². The fourth-order valence-corrected chi connectivity index (χ4v) is 6.07. The molecule has 0 saturated carbocycles. The van der Waals surface area contributed by atoms with Gasteiger partial charge in [-0.3, -0.25) is 19.8 Å². The Bertz CT molecular complexity index is 1360. The van der Waals surface area contributed by atoms with Crippen molar-refractivity contribution in [2.45, 2.75) is 45.1 Å². The first-order chi connectivity index (χ1) is 17.0. The van der Waals surface area contributed by atoms with Crippen LogP contribution < -0.4 is 10.2 Å². The molecule has 0 radical (unpaired) electrons. The normalized spacial score (nSPS) is 23.9. The zero-order valence-corrected chi connectivity index (χ0v) is 19.8. The third kappa shape index (κ3) is 3.40. The standard InChI is InChI=1S/C28H28N4O3/c1-18-10-11-22-20(15-18)16-21-17-28(23-9-5-6-13-31(23)24(21)29-22)25(33)30-27(35)32(26(28)34)14-12-19-7-3-2-4-8-19/h2-4,7-8,10-11,15-16,23H,5-6,9,12-14,17H2,1H3,(H,30,33,35)/t23-,28+/m1/s1. The van der Waals surface area contributed by atoms with Gasteiger partial charge in [0.15, 0.2) is 5.41 Å². The van der Waals surface area contributed by atoms with E-state index in [1.807, 2.05) is 49.4 Å². The van der Waals surface area contributed by atoms with Crippen LogP contribution in [0.25, 0.3) is 10.9 Å². The lowest BCUT2D eigenvalue weighted by Gasteiger charge is -2.53. The van der Waals surface area contributed by atoms with E-state index >= 15 is 0 Å². The van der Waals surface area contributed by atoms with Crippen LogP contribution in [0.3, 0.4) is 0 Å². The lowest BCUT2D eigenvalue weighted by molar-refractivity contribution is -0.154. The largest absolute Gasteiger partial charge is 0.352 e. The third-order valence-corrected chi connectivity index (χ3v) is 7.80. The van der Waals surface area contributed by atoms with Crippen molar-refractivity contribution in [2.24, 2.45) is 5.41 Å². The van der Waals surface area contributed by atoms with E-state index in [1.165, 1.54) is 4.90 Å². The first kappa shape index (κ1) is 21.8. The molecule has 0 unspecified atom stereocenters. The number of piperidine rings is 1. The molecule has 178 valence electrons. The highest BCUT2D eigenvalue weighted by Gasteiger charge is 2.62. The second-order valence-corrected chi connectivity index (χ2v) is 9.97. The molecule has 7 heteroatoms. The molecular weight excluding hydrogens is 440 g/mol. The average Bonchev–Trinajstić information content (AvgIpc) is 2.87. The van der Waals surface area contributed by atoms with Crippen LogP contribution in [-0.2, 0) is 22.4 Å². The Morgan fingerprint density at radius 1 is 1.06 bits per heavy atom. The van der Waals surface area contributed by atoms with Crippen LogP contribution in [0.4, 0.5) is 10.6 Å². The minimum atomic E-state index is -1.34. The maximum atomic E-state index is 14.1. The number of imide groups is 2. The molecule has 2 aromatic carbocycles. The van der Waals surface area contributed by atoms with Gasteiger partial charge >= 0.3 is 6.03 Å². The van der Waals surface area contributed by atoms with E-state index in [4.69, 9.17) is 4.98 Å². The molecule has 4 heterocycles. The Kier molecular flexibility index (Phi) is 5.09. The van der Waals surface area contributed by atoms with Gasteiger partial charge in [0.05, 0.1) is 11.6 Å². The van der Waals surface area contributed by atoms with E-state index in [0.29, 0.717) is 12.8 Å². The molecule has 2 fully saturated rings. The number of carbonyl (C=O) groups is 3. The number of nitrogens with zero attached hydrogens (tertiary/aromatic N) is 3. The van der Waals surface area contributed by atoms with Crippen molar-refractivity contribution >= 4 is 34.6 Å². The summed E-state index contributed by atoms with van der Waals surface area (Å²) in [5.74, 6) is 0.00874. The van der Waals surface area contributed by atoms with Crippen LogP contribution in [0.1, 0.15) is 36.0 Å². The lowest BCUT2D eigenvalue weighted by atomic mass is 9.66. The molecule has 1 aromatic heterocycles. The number of carbonyl (C=O) groups excluding carboxylic acids is 3. The highest BCUT2D eigenvalue weighted by molar-refractivity contribution is 6.20. The van der Waals surface area contributed by atoms with E-state index in [2.05, 4.69) is 22.3 Å². The fourth-order valence-electron chi connectivity index (χ4n) is 6.07. The molecule has 3 aliphatic rings. The lowest BCUT2D eigenvalue weighted by Crippen LogP contribution is -2.72. The Morgan fingerprint density at radius 3 is 2.71 bits per heavy atom. The molecule has 35 heavy (non-hydrogen) atoms. The minimum Gasteiger partial charge on any atom is -0.352 e. The minimum absolute atomic E-state index is 0.235. The summed E-state index contributed by atoms with van der Waals surface area (Å²) < 4.78 is 0. The SMILES string of the molecule is Cc1ccc2nc3c(cc2c1)C[C@@]1(C(=O)NC(=O)N(CCc2ccccc2)C1=O)[C@H]1CCCCN31. The van der Waals surface area contributed by atoms with Crippen LogP contribution >= 0.6 is 0 Å². The summed E-state index contributed by atoms with van der Waals surface area (Å²) in [6, 6.07) is 17.1. The van der Waals surface area contributed by atoms with Gasteiger partial charge in [-0.1, -0.05) is 42.0 Å². The molecule has 0 aliphatic carbocycles. The van der Waals surface area contributed by atoms with Gasteiger partial charge in [-0.15, -0.1) is 0 Å². The topological polar surface area (TPSA) is 82.6 Å². The number of hydrogen-bond acceptors (Lipinski definition) is 5. The number of aromatic nitrogens is 1. The average molecular weight is 469 g/mol. The molecule has 3 aliphatic heterocycles. The summed E-state index contributed by atoms with van der Waals surface area (Å²) in [4.78, 5) is 48.9. The van der Waals surface area contributed by atoms with Gasteiger partial charge in [-0.25, -0.2) is 9.78 Å². The van der Waals surface area contributed by atoms with Crippen molar-refractivity contribution in [3.05, 3.63) is 71.3 Å². The number of amides is 4. The summed E-state index contributed by atoms with van der Waals surface area (Å²) in [5, 5.41) is 3.54. The number of urea groups is 1. The summed E-state index contributed by atoms with van der Waals surface area (Å²) in [6.45, 7) is 3.01. The van der Waals surface area contributed by atoms with Gasteiger partial charge in [0.1, 0.15) is 5.82 Å². The number of nitrogens with one attached hydrogen (secondary N) is 1. The predicted molar refractivity (Wildman–Crippen MR) is 133 cm³/mol. The van der Waals surface area contributed by atoms with E-state index in [0.717, 1.165) is 52.8 Å². The van der Waals surface area contributed by atoms with Crippen LogP contribution in [0.5, 0.6) is 0 Å². The van der Waals surface area contributed by atoms with Gasteiger partial charge in [0.25, 0.3) is 0 Å². The molecule has 4 amide bonds. The van der Waals surface area contributed by atoms with Crippen LogP contribution in [0.2, 0.25) is 0 Å². The number of rotatable bonds is 3. The van der Waals surface area contributed by atoms with Crippen molar-refractivity contribution in [3.8, 4) is 0 Å². The quantitative estimate of drug-likeness (QED) is 0.592. The molecular formula is C28H28N4O3. The van der Waals surface area contributed by atoms with E-state index < -0.39 is 17.4 Å². The number of anilines is 1. The molecule has 0 bridgehead atoms. The van der Waals surface area contributed by atoms with Gasteiger partial charge in [-0.2, -0.15) is 0 Å². The first-order valence-electron chi connectivity index (χ1n) is 12.4. The zero-order chi connectivity index (χ0) is 24.2. The van der Waals surface area contributed by atoms with Gasteiger partial charge < -0.3 is 4.90 Å². The number of fused-ring (bicyclic) bond motifs is 5. The Hall–Kier alpha value is -3.74. The Balaban J connectivity index is 1.43. The monoisotopic (exact) mass is 468 g/mol. The van der Waals surface area contributed by atoms with Crippen LogP contribution in [-0.4, -0.2) is 46.9 Å². The summed E-state index contributed by atoms with van der Waals surface area (Å²) >= 11 is 0. The fraction of sp³-hybridized carbons (Fsp3) is 0.357. The van der Waals surface area contributed by atoms with Crippen molar-refractivity contribution < 1.29 is 14.4 Å². The number of benzene rings is 2.